The molecule has 1 amide bonds. The number of nitrogens with zero attached hydrogens (tertiary/aromatic N) is 5. The standard InChI is InChI=1S/C20H21N5O2/c1-27-18-9-10-19-16(13-18)4-2-3-11-24(19)20(26)12-15-5-7-17(8-6-15)25-14-21-22-23-25/h5-10,13-14H,2-4,11-12H2,1H3. The molecule has 4 rings (SSSR count). The van der Waals surface area contributed by atoms with Crippen molar-refractivity contribution >= 4 is 11.6 Å². The molecule has 0 saturated heterocycles. The van der Waals surface area contributed by atoms with Gasteiger partial charge in [-0.1, -0.05) is 12.1 Å². The minimum atomic E-state index is 0.110. The maximum atomic E-state index is 13.0. The van der Waals surface area contributed by atoms with E-state index in [4.69, 9.17) is 4.74 Å². The molecule has 2 aromatic carbocycles. The van der Waals surface area contributed by atoms with E-state index in [0.29, 0.717) is 6.42 Å². The summed E-state index contributed by atoms with van der Waals surface area (Å²) in [7, 11) is 1.67. The average molecular weight is 363 g/mol. The molecule has 0 spiro atoms. The molecule has 1 aliphatic heterocycles. The molecule has 0 unspecified atom stereocenters. The predicted molar refractivity (Wildman–Crippen MR) is 101 cm³/mol. The molecule has 7 nitrogen and oxygen atoms in total. The summed E-state index contributed by atoms with van der Waals surface area (Å²) in [5, 5.41) is 11.1. The Balaban J connectivity index is 1.53. The van der Waals surface area contributed by atoms with Gasteiger partial charge in [0.25, 0.3) is 0 Å². The molecule has 2 heterocycles. The van der Waals surface area contributed by atoms with Crippen molar-refractivity contribution in [2.24, 2.45) is 0 Å². The van der Waals surface area contributed by atoms with E-state index in [0.717, 1.165) is 48.5 Å². The number of anilines is 1. The molecule has 7 heteroatoms. The van der Waals surface area contributed by atoms with Crippen LogP contribution in [0.25, 0.3) is 5.69 Å². The molecule has 138 valence electrons. The lowest BCUT2D eigenvalue weighted by atomic mass is 10.1. The zero-order valence-electron chi connectivity index (χ0n) is 15.2. The second kappa shape index (κ2) is 7.57. The minimum absolute atomic E-state index is 0.110. The molecule has 27 heavy (non-hydrogen) atoms. The van der Waals surface area contributed by atoms with Crippen LogP contribution in [0.4, 0.5) is 5.69 Å². The zero-order valence-corrected chi connectivity index (χ0v) is 15.2. The molecule has 1 aromatic heterocycles. The SMILES string of the molecule is COc1ccc2c(c1)CCCCN2C(=O)Cc1ccc(-n2cnnn2)cc1. The number of ether oxygens (including phenoxy) is 1. The zero-order chi connectivity index (χ0) is 18.6. The van der Waals surface area contributed by atoms with Gasteiger partial charge in [-0.25, -0.2) is 4.68 Å². The Hall–Kier alpha value is -3.22. The molecule has 0 N–H and O–H groups in total. The molecule has 0 saturated carbocycles. The van der Waals surface area contributed by atoms with Crippen molar-refractivity contribution < 1.29 is 9.53 Å². The summed E-state index contributed by atoms with van der Waals surface area (Å²) in [5.74, 6) is 0.944. The third-order valence-corrected chi connectivity index (χ3v) is 4.86. The highest BCUT2D eigenvalue weighted by Crippen LogP contribution is 2.30. The maximum Gasteiger partial charge on any atom is 0.231 e. The van der Waals surface area contributed by atoms with E-state index >= 15 is 0 Å². The fourth-order valence-electron chi connectivity index (χ4n) is 3.43. The fraction of sp³-hybridized carbons (Fsp3) is 0.300. The molecule has 0 atom stereocenters. The molecule has 0 fully saturated rings. The predicted octanol–water partition coefficient (Wildman–Crippen LogP) is 2.58. The summed E-state index contributed by atoms with van der Waals surface area (Å²) in [6.07, 6.45) is 4.95. The van der Waals surface area contributed by atoms with Gasteiger partial charge in [0.05, 0.1) is 19.2 Å². The summed E-state index contributed by atoms with van der Waals surface area (Å²) in [5.41, 5.74) is 4.01. The summed E-state index contributed by atoms with van der Waals surface area (Å²) >= 11 is 0. The van der Waals surface area contributed by atoms with Gasteiger partial charge in [0, 0.05) is 12.2 Å². The fourth-order valence-corrected chi connectivity index (χ4v) is 3.43. The molecule has 3 aromatic rings. The number of hydrogen-bond donors (Lipinski definition) is 0. The van der Waals surface area contributed by atoms with Crippen LogP contribution in [0, 0.1) is 0 Å². The van der Waals surface area contributed by atoms with Crippen LogP contribution >= 0.6 is 0 Å². The number of aromatic nitrogens is 4. The van der Waals surface area contributed by atoms with E-state index in [1.807, 2.05) is 47.4 Å². The van der Waals surface area contributed by atoms with Gasteiger partial charge in [0.15, 0.2) is 0 Å². The highest BCUT2D eigenvalue weighted by Gasteiger charge is 2.21. The van der Waals surface area contributed by atoms with E-state index in [2.05, 4.69) is 15.5 Å². The van der Waals surface area contributed by atoms with Crippen LogP contribution < -0.4 is 9.64 Å². The topological polar surface area (TPSA) is 73.1 Å². The number of carbonyl (C=O) groups is 1. The monoisotopic (exact) mass is 363 g/mol. The minimum Gasteiger partial charge on any atom is -0.497 e. The molecular weight excluding hydrogens is 342 g/mol. The van der Waals surface area contributed by atoms with Crippen molar-refractivity contribution in [3.05, 3.63) is 59.9 Å². The van der Waals surface area contributed by atoms with Crippen molar-refractivity contribution in [1.82, 2.24) is 20.2 Å². The number of amides is 1. The van der Waals surface area contributed by atoms with Crippen LogP contribution in [0.1, 0.15) is 24.0 Å². The van der Waals surface area contributed by atoms with Crippen LogP contribution in [-0.4, -0.2) is 39.8 Å². The first-order valence-corrected chi connectivity index (χ1v) is 9.04. The van der Waals surface area contributed by atoms with Crippen molar-refractivity contribution in [2.75, 3.05) is 18.6 Å². The number of fused-ring (bicyclic) bond motifs is 1. The van der Waals surface area contributed by atoms with Gasteiger partial charge in [-0.3, -0.25) is 4.79 Å². The Labute approximate surface area is 157 Å². The van der Waals surface area contributed by atoms with Gasteiger partial charge in [-0.2, -0.15) is 0 Å². The Morgan fingerprint density at radius 2 is 2.00 bits per heavy atom. The lowest BCUT2D eigenvalue weighted by Crippen LogP contribution is -2.33. The first kappa shape index (κ1) is 17.2. The van der Waals surface area contributed by atoms with Crippen molar-refractivity contribution in [1.29, 1.82) is 0 Å². The number of tetrazole rings is 1. The lowest BCUT2D eigenvalue weighted by Gasteiger charge is -2.23. The number of hydrogen-bond acceptors (Lipinski definition) is 5. The van der Waals surface area contributed by atoms with Gasteiger partial charge in [0.2, 0.25) is 5.91 Å². The normalized spacial score (nSPS) is 13.7. The largest absolute Gasteiger partial charge is 0.497 e. The Kier molecular flexibility index (Phi) is 4.82. The number of rotatable bonds is 4. The summed E-state index contributed by atoms with van der Waals surface area (Å²) in [6, 6.07) is 13.7. The average Bonchev–Trinajstić information content (AvgIpc) is 3.15. The highest BCUT2D eigenvalue weighted by molar-refractivity contribution is 5.95. The van der Waals surface area contributed by atoms with E-state index in [1.165, 1.54) is 5.56 Å². The third kappa shape index (κ3) is 3.67. The van der Waals surface area contributed by atoms with Gasteiger partial charge in [-0.15, -0.1) is 5.10 Å². The van der Waals surface area contributed by atoms with Crippen LogP contribution in [-0.2, 0) is 17.6 Å². The number of aryl methyl sites for hydroxylation is 1. The first-order valence-electron chi connectivity index (χ1n) is 9.04. The third-order valence-electron chi connectivity index (χ3n) is 4.86. The van der Waals surface area contributed by atoms with Crippen LogP contribution in [0.2, 0.25) is 0 Å². The van der Waals surface area contributed by atoms with Crippen molar-refractivity contribution in [2.45, 2.75) is 25.7 Å². The Morgan fingerprint density at radius 1 is 1.15 bits per heavy atom. The molecule has 0 radical (unpaired) electrons. The quantitative estimate of drug-likeness (QED) is 0.712. The lowest BCUT2D eigenvalue weighted by molar-refractivity contribution is -0.118. The smallest absolute Gasteiger partial charge is 0.231 e. The van der Waals surface area contributed by atoms with E-state index in [9.17, 15) is 4.79 Å². The van der Waals surface area contributed by atoms with Crippen LogP contribution in [0.5, 0.6) is 5.75 Å². The molecular formula is C20H21N5O2. The van der Waals surface area contributed by atoms with Crippen molar-refractivity contribution in [3.8, 4) is 11.4 Å². The van der Waals surface area contributed by atoms with Gasteiger partial charge >= 0.3 is 0 Å². The van der Waals surface area contributed by atoms with Gasteiger partial charge in [0.1, 0.15) is 12.1 Å². The number of benzene rings is 2. The van der Waals surface area contributed by atoms with Crippen molar-refractivity contribution in [3.63, 3.8) is 0 Å². The second-order valence-corrected chi connectivity index (χ2v) is 6.59. The number of carbonyl (C=O) groups excluding carboxylic acids is 1. The van der Waals surface area contributed by atoms with Gasteiger partial charge in [-0.05, 0) is 71.1 Å². The molecule has 1 aliphatic rings. The second-order valence-electron chi connectivity index (χ2n) is 6.59. The van der Waals surface area contributed by atoms with Crippen LogP contribution in [0.3, 0.4) is 0 Å². The highest BCUT2D eigenvalue weighted by atomic mass is 16.5. The Bertz CT molecular complexity index is 922. The summed E-state index contributed by atoms with van der Waals surface area (Å²) in [4.78, 5) is 14.9. The first-order chi connectivity index (χ1) is 13.2. The van der Waals surface area contributed by atoms with E-state index < -0.39 is 0 Å². The summed E-state index contributed by atoms with van der Waals surface area (Å²) < 4.78 is 6.92. The maximum absolute atomic E-state index is 13.0. The molecule has 0 bridgehead atoms. The molecule has 0 aliphatic carbocycles. The Morgan fingerprint density at radius 3 is 2.74 bits per heavy atom. The van der Waals surface area contributed by atoms with Gasteiger partial charge < -0.3 is 9.64 Å². The van der Waals surface area contributed by atoms with E-state index in [-0.39, 0.29) is 5.91 Å². The number of methoxy groups -OCH3 is 1. The van der Waals surface area contributed by atoms with E-state index in [1.54, 1.807) is 18.1 Å². The van der Waals surface area contributed by atoms with Crippen LogP contribution in [0.15, 0.2) is 48.8 Å². The summed E-state index contributed by atoms with van der Waals surface area (Å²) in [6.45, 7) is 0.751.